The molecule has 2 aromatic heterocycles. The van der Waals surface area contributed by atoms with Crippen molar-refractivity contribution in [3.8, 4) is 0 Å². The van der Waals surface area contributed by atoms with Gasteiger partial charge in [-0.3, -0.25) is 9.13 Å². The smallest absolute Gasteiger partial charge is 0.340 e. The van der Waals surface area contributed by atoms with Crippen molar-refractivity contribution in [2.45, 2.75) is 37.5 Å². The fraction of sp³-hybridized carbons (Fsp3) is 0.455. The summed E-state index contributed by atoms with van der Waals surface area (Å²) >= 11 is 6.31. The summed E-state index contributed by atoms with van der Waals surface area (Å²) in [5.41, 5.74) is 1.57. The largest absolute Gasteiger partial charge is 0.387 e. The number of nitrogens with zero attached hydrogens (tertiary/aromatic N) is 3. The highest BCUT2D eigenvalue weighted by Gasteiger charge is 2.46. The number of halogens is 1. The molecule has 0 amide bonds. The van der Waals surface area contributed by atoms with Crippen LogP contribution in [0.15, 0.2) is 36.5 Å². The Kier molecular flexibility index (Phi) is 9.03. The second-order valence-corrected chi connectivity index (χ2v) is 17.4. The van der Waals surface area contributed by atoms with E-state index in [1.807, 2.05) is 31.2 Å². The van der Waals surface area contributed by atoms with Crippen LogP contribution in [0.4, 0.5) is 5.69 Å². The summed E-state index contributed by atoms with van der Waals surface area (Å²) in [6.45, 7) is 4.55. The Morgan fingerprint density at radius 3 is 2.48 bits per heavy atom. The van der Waals surface area contributed by atoms with E-state index < -0.39 is 59.4 Å². The van der Waals surface area contributed by atoms with Crippen molar-refractivity contribution >= 4 is 56.0 Å². The van der Waals surface area contributed by atoms with Gasteiger partial charge in [0, 0.05) is 11.3 Å². The number of ether oxygens (including phenoxy) is 1. The molecule has 1 aliphatic heterocycles. The van der Waals surface area contributed by atoms with Gasteiger partial charge in [0.2, 0.25) is 0 Å². The highest BCUT2D eigenvalue weighted by atomic mass is 35.5. The predicted molar refractivity (Wildman–Crippen MR) is 149 cm³/mol. The van der Waals surface area contributed by atoms with Crippen molar-refractivity contribution in [2.75, 3.05) is 31.2 Å². The van der Waals surface area contributed by atoms with Gasteiger partial charge in [-0.05, 0) is 31.9 Å². The third-order valence-electron chi connectivity index (χ3n) is 6.27. The maximum absolute atomic E-state index is 12.9. The lowest BCUT2D eigenvalue weighted by atomic mass is 10.1. The van der Waals surface area contributed by atoms with Gasteiger partial charge in [-0.1, -0.05) is 35.9 Å². The minimum atomic E-state index is -4.85. The topological polar surface area (TPSA) is 214 Å². The van der Waals surface area contributed by atoms with E-state index in [-0.39, 0.29) is 16.8 Å². The van der Waals surface area contributed by atoms with E-state index in [0.717, 1.165) is 10.9 Å². The first-order valence-electron chi connectivity index (χ1n) is 11.9. The lowest BCUT2D eigenvalue weighted by Crippen LogP contribution is -2.33. The van der Waals surface area contributed by atoms with Gasteiger partial charge in [0.05, 0.1) is 23.9 Å². The molecule has 6 atom stereocenters. The normalized spacial score (nSPS) is 24.2. The number of hydrogen-bond acceptors (Lipinski definition) is 10. The maximum Gasteiger partial charge on any atom is 0.340 e. The van der Waals surface area contributed by atoms with Crippen molar-refractivity contribution < 1.29 is 47.8 Å². The van der Waals surface area contributed by atoms with Crippen LogP contribution in [0.1, 0.15) is 24.8 Å². The fourth-order valence-corrected chi connectivity index (χ4v) is 8.57. The standard InChI is InChI=1S/C22H30ClN4O10P3/c1-12(13-6-4-5-7-17(13)38(2,3)30)25-15-8-18(23)26-21-14(15)9-24-27(21)22-20(29)19(28)16(37-22)10-36-40(34,35)11-39(31,32)33/h4-9,12,16,19-20,22,28-29H,10-11H2,1-3H3,(H,25,26)(H,34,35)(H2,31,32,33)/t12-,16+,19+,20+,22+/m0/s1. The van der Waals surface area contributed by atoms with E-state index >= 15 is 0 Å². The summed E-state index contributed by atoms with van der Waals surface area (Å²) in [6.07, 6.45) is -4.33. The second-order valence-electron chi connectivity index (χ2n) is 9.88. The van der Waals surface area contributed by atoms with Crippen molar-refractivity contribution in [2.24, 2.45) is 0 Å². The van der Waals surface area contributed by atoms with Crippen molar-refractivity contribution in [3.05, 3.63) is 47.2 Å². The van der Waals surface area contributed by atoms with Gasteiger partial charge in [0.25, 0.3) is 0 Å². The highest BCUT2D eigenvalue weighted by Crippen LogP contribution is 2.55. The summed E-state index contributed by atoms with van der Waals surface area (Å²) in [4.78, 5) is 31.9. The molecule has 0 radical (unpaired) electrons. The summed E-state index contributed by atoms with van der Waals surface area (Å²) in [6, 6.07) is 8.68. The molecule has 220 valence electrons. The van der Waals surface area contributed by atoms with Crippen molar-refractivity contribution in [1.29, 1.82) is 0 Å². The van der Waals surface area contributed by atoms with Gasteiger partial charge in [-0.2, -0.15) is 5.10 Å². The molecule has 0 aliphatic carbocycles. The first-order valence-corrected chi connectivity index (χ1v) is 18.5. The number of rotatable bonds is 10. The fourth-order valence-electron chi connectivity index (χ4n) is 4.48. The van der Waals surface area contributed by atoms with Crippen LogP contribution in [0.2, 0.25) is 5.15 Å². The number of pyridine rings is 1. The molecule has 1 aliphatic rings. The maximum atomic E-state index is 12.9. The lowest BCUT2D eigenvalue weighted by Gasteiger charge is -2.21. The van der Waals surface area contributed by atoms with Crippen LogP contribution < -0.4 is 10.6 Å². The third-order valence-corrected chi connectivity index (χ3v) is 11.5. The number of nitrogens with one attached hydrogen (secondary N) is 1. The number of benzene rings is 1. The summed E-state index contributed by atoms with van der Waals surface area (Å²) < 4.78 is 47.5. The third kappa shape index (κ3) is 7.03. The first-order chi connectivity index (χ1) is 18.5. The zero-order valence-electron chi connectivity index (χ0n) is 21.6. The van der Waals surface area contributed by atoms with E-state index in [9.17, 15) is 28.8 Å². The molecule has 0 bridgehead atoms. The average molecular weight is 639 g/mol. The van der Waals surface area contributed by atoms with Gasteiger partial charge in [0.15, 0.2) is 17.8 Å². The summed E-state index contributed by atoms with van der Waals surface area (Å²) in [7, 11) is -12.1. The molecule has 0 spiro atoms. The quantitative estimate of drug-likeness (QED) is 0.139. The number of aliphatic hydroxyl groups is 2. The number of fused-ring (bicyclic) bond motifs is 1. The Balaban J connectivity index is 1.59. The predicted octanol–water partition coefficient (Wildman–Crippen LogP) is 2.46. The van der Waals surface area contributed by atoms with Crippen LogP contribution in [-0.2, 0) is 23.0 Å². The van der Waals surface area contributed by atoms with Crippen LogP contribution in [0.5, 0.6) is 0 Å². The molecular weight excluding hydrogens is 609 g/mol. The molecule has 1 unspecified atom stereocenters. The lowest BCUT2D eigenvalue weighted by molar-refractivity contribution is -0.0541. The Bertz CT molecular complexity index is 1540. The zero-order valence-corrected chi connectivity index (χ0v) is 25.0. The Morgan fingerprint density at radius 1 is 1.15 bits per heavy atom. The first kappa shape index (κ1) is 31.3. The molecule has 18 heteroatoms. The molecular formula is C22H30ClN4O10P3. The van der Waals surface area contributed by atoms with Crippen LogP contribution in [0, 0.1) is 0 Å². The summed E-state index contributed by atoms with van der Waals surface area (Å²) in [5.74, 6) is -1.41. The molecule has 0 saturated carbocycles. The SMILES string of the molecule is C[C@H](Nc1cc(Cl)nc2c1cnn2[C@@H]1O[C@H](COP(=O)(O)CP(=O)(O)O)[C@@H](O)[C@H]1O)c1ccccc1P(C)(C)=O. The molecule has 40 heavy (non-hydrogen) atoms. The number of aliphatic hydroxyl groups excluding tert-OH is 2. The van der Waals surface area contributed by atoms with E-state index in [1.54, 1.807) is 19.4 Å². The van der Waals surface area contributed by atoms with Gasteiger partial charge >= 0.3 is 15.2 Å². The minimum absolute atomic E-state index is 0.0838. The molecule has 1 saturated heterocycles. The van der Waals surface area contributed by atoms with E-state index in [4.69, 9.17) is 30.6 Å². The van der Waals surface area contributed by atoms with Gasteiger partial charge in [0.1, 0.15) is 30.6 Å². The monoisotopic (exact) mass is 638 g/mol. The van der Waals surface area contributed by atoms with Gasteiger partial charge in [-0.25, -0.2) is 9.67 Å². The molecule has 6 N–H and O–H groups in total. The molecule has 3 heterocycles. The minimum Gasteiger partial charge on any atom is -0.387 e. The van der Waals surface area contributed by atoms with E-state index in [2.05, 4.69) is 15.4 Å². The molecule has 4 rings (SSSR count). The number of hydrogen-bond donors (Lipinski definition) is 6. The van der Waals surface area contributed by atoms with Crippen LogP contribution >= 0.6 is 33.9 Å². The van der Waals surface area contributed by atoms with Gasteiger partial charge < -0.3 is 44.0 Å². The number of anilines is 1. The average Bonchev–Trinajstić information content (AvgIpc) is 3.36. The van der Waals surface area contributed by atoms with Crippen molar-refractivity contribution in [3.63, 3.8) is 0 Å². The zero-order chi connectivity index (χ0) is 29.6. The molecule has 1 aromatic carbocycles. The number of aromatic nitrogens is 3. The molecule has 14 nitrogen and oxygen atoms in total. The van der Waals surface area contributed by atoms with Crippen LogP contribution in [0.3, 0.4) is 0 Å². The van der Waals surface area contributed by atoms with E-state index in [1.165, 1.54) is 10.9 Å². The Hall–Kier alpha value is -1.66. The summed E-state index contributed by atoms with van der Waals surface area (Å²) in [5, 5.41) is 30.1. The molecule has 3 aromatic rings. The highest BCUT2D eigenvalue weighted by molar-refractivity contribution is 7.70. The Labute approximate surface area is 234 Å². The molecule has 1 fully saturated rings. The van der Waals surface area contributed by atoms with E-state index in [0.29, 0.717) is 11.1 Å². The Morgan fingerprint density at radius 2 is 1.82 bits per heavy atom. The van der Waals surface area contributed by atoms with Crippen molar-refractivity contribution in [1.82, 2.24) is 14.8 Å². The van der Waals surface area contributed by atoms with Gasteiger partial charge in [-0.15, -0.1) is 0 Å². The van der Waals surface area contributed by atoms with Crippen LogP contribution in [0.25, 0.3) is 11.0 Å². The van der Waals surface area contributed by atoms with Crippen LogP contribution in [-0.4, -0.2) is 83.8 Å². The second kappa shape index (κ2) is 11.6.